The van der Waals surface area contributed by atoms with Crippen molar-refractivity contribution < 1.29 is 5.11 Å². The van der Waals surface area contributed by atoms with Crippen LogP contribution in [0.2, 0.25) is 0 Å². The molecule has 0 aromatic heterocycles. The molecule has 24 heavy (non-hydrogen) atoms. The maximum absolute atomic E-state index is 9.80. The molecule has 0 aliphatic heterocycles. The van der Waals surface area contributed by atoms with Crippen LogP contribution in [0.3, 0.4) is 0 Å². The first-order valence-corrected chi connectivity index (χ1v) is 11.5. The van der Waals surface area contributed by atoms with Gasteiger partial charge in [0.1, 0.15) is 0 Å². The van der Waals surface area contributed by atoms with Gasteiger partial charge in [0.25, 0.3) is 0 Å². The summed E-state index contributed by atoms with van der Waals surface area (Å²) >= 11 is 0. The molecule has 0 saturated heterocycles. The molecule has 0 heterocycles. The fourth-order valence-corrected chi connectivity index (χ4v) is 3.51. The largest absolute Gasteiger partial charge is 0.393 e. The minimum absolute atomic E-state index is 0.0309. The molecule has 0 spiro atoms. The minimum atomic E-state index is -0.0309. The van der Waals surface area contributed by atoms with Crippen LogP contribution in [0.5, 0.6) is 0 Å². The highest BCUT2D eigenvalue weighted by Crippen LogP contribution is 2.15. The molecule has 0 rings (SSSR count). The zero-order valence-corrected chi connectivity index (χ0v) is 17.2. The van der Waals surface area contributed by atoms with Crippen LogP contribution in [-0.4, -0.2) is 11.2 Å². The van der Waals surface area contributed by atoms with E-state index in [1.165, 1.54) is 116 Å². The normalized spacial score (nSPS) is 12.6. The van der Waals surface area contributed by atoms with Gasteiger partial charge in [-0.25, -0.2) is 0 Å². The lowest BCUT2D eigenvalue weighted by molar-refractivity contribution is 0.148. The highest BCUT2D eigenvalue weighted by Gasteiger charge is 2.02. The molecule has 0 aromatic rings. The third kappa shape index (κ3) is 20.0. The Bertz CT molecular complexity index is 214. The van der Waals surface area contributed by atoms with E-state index in [1.54, 1.807) is 0 Å². The molecule has 0 saturated carbocycles. The summed E-state index contributed by atoms with van der Waals surface area (Å²) in [5.41, 5.74) is 0. The Morgan fingerprint density at radius 3 is 1.08 bits per heavy atom. The zero-order valence-electron chi connectivity index (χ0n) is 17.2. The average Bonchev–Trinajstić information content (AvgIpc) is 2.59. The van der Waals surface area contributed by atoms with E-state index in [0.717, 1.165) is 12.8 Å². The summed E-state index contributed by atoms with van der Waals surface area (Å²) in [4.78, 5) is 0. The molecule has 0 aliphatic carbocycles. The summed E-state index contributed by atoms with van der Waals surface area (Å²) in [7, 11) is 0. The Hall–Kier alpha value is -0.0400. The van der Waals surface area contributed by atoms with Crippen molar-refractivity contribution in [1.82, 2.24) is 0 Å². The highest BCUT2D eigenvalue weighted by atomic mass is 16.3. The van der Waals surface area contributed by atoms with Crippen LogP contribution < -0.4 is 0 Å². The zero-order chi connectivity index (χ0) is 17.7. The number of unbranched alkanes of at least 4 members (excludes halogenated alkanes) is 16. The van der Waals surface area contributed by atoms with E-state index in [-0.39, 0.29) is 6.10 Å². The number of hydrogen-bond donors (Lipinski definition) is 1. The fourth-order valence-electron chi connectivity index (χ4n) is 3.51. The van der Waals surface area contributed by atoms with Crippen LogP contribution in [-0.2, 0) is 0 Å². The maximum atomic E-state index is 9.80. The van der Waals surface area contributed by atoms with Crippen LogP contribution in [0.1, 0.15) is 142 Å². The van der Waals surface area contributed by atoms with Gasteiger partial charge in [-0.15, -0.1) is 0 Å². The van der Waals surface area contributed by atoms with Crippen LogP contribution in [0.25, 0.3) is 0 Å². The standard InChI is InChI=1S/C23H48O/c1-3-5-7-8-9-10-11-12-13-14-15-16-17-18-19-20-22-23(24)21-6-4-2/h23-24H,3-22H2,1-2H3. The van der Waals surface area contributed by atoms with Crippen molar-refractivity contribution >= 4 is 0 Å². The molecule has 1 N–H and O–H groups in total. The van der Waals surface area contributed by atoms with E-state index in [1.807, 2.05) is 0 Å². The Morgan fingerprint density at radius 1 is 0.417 bits per heavy atom. The number of hydrogen-bond acceptors (Lipinski definition) is 1. The molecule has 1 nitrogen and oxygen atoms in total. The lowest BCUT2D eigenvalue weighted by Crippen LogP contribution is -2.05. The summed E-state index contributed by atoms with van der Waals surface area (Å²) in [6.45, 7) is 4.49. The lowest BCUT2D eigenvalue weighted by atomic mass is 10.0. The molecule has 1 heteroatoms. The quantitative estimate of drug-likeness (QED) is 0.221. The van der Waals surface area contributed by atoms with Gasteiger partial charge in [0, 0.05) is 0 Å². The fraction of sp³-hybridized carbons (Fsp3) is 1.00. The van der Waals surface area contributed by atoms with Crippen LogP contribution in [0, 0.1) is 0 Å². The van der Waals surface area contributed by atoms with Gasteiger partial charge in [0.2, 0.25) is 0 Å². The van der Waals surface area contributed by atoms with Crippen molar-refractivity contribution in [1.29, 1.82) is 0 Å². The SMILES string of the molecule is CCCCCCCCCCCCCCCCCCC(O)CCCC. The Labute approximate surface area is 154 Å². The number of aliphatic hydroxyl groups excluding tert-OH is 1. The van der Waals surface area contributed by atoms with Crippen molar-refractivity contribution in [3.63, 3.8) is 0 Å². The maximum Gasteiger partial charge on any atom is 0.0540 e. The molecule has 0 radical (unpaired) electrons. The smallest absolute Gasteiger partial charge is 0.0540 e. The van der Waals surface area contributed by atoms with Gasteiger partial charge in [-0.3, -0.25) is 0 Å². The molecule has 1 atom stereocenters. The van der Waals surface area contributed by atoms with E-state index >= 15 is 0 Å². The summed E-state index contributed by atoms with van der Waals surface area (Å²) in [5.74, 6) is 0. The van der Waals surface area contributed by atoms with Crippen LogP contribution in [0.4, 0.5) is 0 Å². The molecule has 0 bridgehead atoms. The predicted octanol–water partition coefficient (Wildman–Crippen LogP) is 8.19. The van der Waals surface area contributed by atoms with Gasteiger partial charge < -0.3 is 5.11 Å². The van der Waals surface area contributed by atoms with Crippen LogP contribution >= 0.6 is 0 Å². The number of aliphatic hydroxyl groups is 1. The Morgan fingerprint density at radius 2 is 0.708 bits per heavy atom. The average molecular weight is 341 g/mol. The molecule has 0 fully saturated rings. The van der Waals surface area contributed by atoms with Crippen molar-refractivity contribution in [2.75, 3.05) is 0 Å². The predicted molar refractivity (Wildman–Crippen MR) is 110 cm³/mol. The first-order chi connectivity index (χ1) is 11.8. The van der Waals surface area contributed by atoms with E-state index in [9.17, 15) is 5.11 Å². The summed E-state index contributed by atoms with van der Waals surface area (Å²) in [6.07, 6.45) is 27.1. The van der Waals surface area contributed by atoms with Gasteiger partial charge in [-0.05, 0) is 12.8 Å². The molecule has 0 aliphatic rings. The molecule has 0 amide bonds. The lowest BCUT2D eigenvalue weighted by Gasteiger charge is -2.09. The first kappa shape index (κ1) is 24.0. The molecule has 146 valence electrons. The van der Waals surface area contributed by atoms with Gasteiger partial charge in [0.15, 0.2) is 0 Å². The van der Waals surface area contributed by atoms with Crippen molar-refractivity contribution in [3.8, 4) is 0 Å². The van der Waals surface area contributed by atoms with Crippen molar-refractivity contribution in [3.05, 3.63) is 0 Å². The summed E-state index contributed by atoms with van der Waals surface area (Å²) in [6, 6.07) is 0. The third-order valence-corrected chi connectivity index (χ3v) is 5.28. The van der Waals surface area contributed by atoms with Crippen LogP contribution in [0.15, 0.2) is 0 Å². The molecular weight excluding hydrogens is 292 g/mol. The topological polar surface area (TPSA) is 20.2 Å². The number of rotatable bonds is 20. The van der Waals surface area contributed by atoms with E-state index < -0.39 is 0 Å². The highest BCUT2D eigenvalue weighted by molar-refractivity contribution is 4.56. The minimum Gasteiger partial charge on any atom is -0.393 e. The summed E-state index contributed by atoms with van der Waals surface area (Å²) < 4.78 is 0. The van der Waals surface area contributed by atoms with Gasteiger partial charge in [0.05, 0.1) is 6.10 Å². The second-order valence-corrected chi connectivity index (χ2v) is 7.89. The Balaban J connectivity index is 3.02. The molecular formula is C23H48O. The Kier molecular flexibility index (Phi) is 21.0. The third-order valence-electron chi connectivity index (χ3n) is 5.28. The summed E-state index contributed by atoms with van der Waals surface area (Å²) in [5, 5.41) is 9.80. The first-order valence-electron chi connectivity index (χ1n) is 11.5. The van der Waals surface area contributed by atoms with Gasteiger partial charge >= 0.3 is 0 Å². The second-order valence-electron chi connectivity index (χ2n) is 7.89. The van der Waals surface area contributed by atoms with Crippen molar-refractivity contribution in [2.24, 2.45) is 0 Å². The molecule has 0 aromatic carbocycles. The van der Waals surface area contributed by atoms with Crippen molar-refractivity contribution in [2.45, 2.75) is 148 Å². The van der Waals surface area contributed by atoms with Gasteiger partial charge in [-0.1, -0.05) is 129 Å². The molecule has 1 unspecified atom stereocenters. The second kappa shape index (κ2) is 21.0. The van der Waals surface area contributed by atoms with E-state index in [4.69, 9.17) is 0 Å². The van der Waals surface area contributed by atoms with Gasteiger partial charge in [-0.2, -0.15) is 0 Å². The van der Waals surface area contributed by atoms with E-state index in [0.29, 0.717) is 0 Å². The van der Waals surface area contributed by atoms with E-state index in [2.05, 4.69) is 13.8 Å². The monoisotopic (exact) mass is 340 g/mol.